The minimum absolute atomic E-state index is 0.157. The second kappa shape index (κ2) is 16.3. The van der Waals surface area contributed by atoms with Crippen molar-refractivity contribution >= 4 is 28.9 Å². The van der Waals surface area contributed by atoms with Crippen molar-refractivity contribution in [2.45, 2.75) is 63.8 Å². The number of likely N-dealkylation sites (tertiary alicyclic amines) is 1. The fraction of sp³-hybridized carbons (Fsp3) is 0.267. The van der Waals surface area contributed by atoms with Crippen molar-refractivity contribution in [1.29, 1.82) is 0 Å². The van der Waals surface area contributed by atoms with Gasteiger partial charge in [0.2, 0.25) is 11.8 Å². The van der Waals surface area contributed by atoms with E-state index in [-0.39, 0.29) is 30.0 Å². The summed E-state index contributed by atoms with van der Waals surface area (Å²) in [6, 6.07) is 28.7. The standard InChI is InChI=1S/C45H42F3N7O3/c1-28-22-34(6-7-35(28)24-49-43(57)33-8-12-37(13-9-33)45(46,47)48)42-40-23-36(26-55(40)51-27-50-42)31-4-2-29(3-5-31)25-54-20-18-32(19-21-54)30-10-14-38(15-11-30)52-39-16-17-41(56)53-44(39)58/h2-15,22-23,26-27,32,39,52H,16-21,24-25H2,1H3,(H,49,57)(H,53,56,58)/t39-/m0/s1. The van der Waals surface area contributed by atoms with Gasteiger partial charge in [0.05, 0.1) is 16.8 Å². The maximum absolute atomic E-state index is 12.9. The maximum atomic E-state index is 12.9. The van der Waals surface area contributed by atoms with E-state index in [4.69, 9.17) is 0 Å². The number of hydrogen-bond donors (Lipinski definition) is 3. The molecular formula is C45H42F3N7O3. The summed E-state index contributed by atoms with van der Waals surface area (Å²) >= 11 is 0. The summed E-state index contributed by atoms with van der Waals surface area (Å²) in [5, 5.41) is 12.9. The molecule has 8 rings (SSSR count). The summed E-state index contributed by atoms with van der Waals surface area (Å²) in [6.07, 6.45) is 2.06. The van der Waals surface area contributed by atoms with Crippen molar-refractivity contribution in [1.82, 2.24) is 30.1 Å². The Hall–Kier alpha value is -6.34. The lowest BCUT2D eigenvalue weighted by Crippen LogP contribution is -2.47. The molecule has 58 heavy (non-hydrogen) atoms. The zero-order chi connectivity index (χ0) is 40.4. The van der Waals surface area contributed by atoms with Crippen molar-refractivity contribution in [3.63, 3.8) is 0 Å². The molecule has 0 spiro atoms. The Balaban J connectivity index is 0.855. The minimum atomic E-state index is -4.46. The third kappa shape index (κ3) is 8.64. The number of alkyl halides is 3. The molecule has 0 bridgehead atoms. The van der Waals surface area contributed by atoms with Crippen molar-refractivity contribution < 1.29 is 27.6 Å². The lowest BCUT2D eigenvalue weighted by atomic mass is 9.89. The largest absolute Gasteiger partial charge is 0.416 e. The summed E-state index contributed by atoms with van der Waals surface area (Å²) in [4.78, 5) is 43.3. The molecular weight excluding hydrogens is 744 g/mol. The number of carbonyl (C=O) groups excluding carboxylic acids is 3. The third-order valence-electron chi connectivity index (χ3n) is 11.2. The molecule has 6 aromatic rings. The number of piperidine rings is 2. The Morgan fingerprint density at radius 2 is 1.59 bits per heavy atom. The van der Waals surface area contributed by atoms with Gasteiger partial charge in [0.1, 0.15) is 12.4 Å². The molecule has 2 saturated heterocycles. The molecule has 4 aromatic carbocycles. The van der Waals surface area contributed by atoms with E-state index in [1.54, 1.807) is 0 Å². The number of hydrogen-bond acceptors (Lipinski definition) is 7. The molecule has 0 aliphatic carbocycles. The zero-order valence-electron chi connectivity index (χ0n) is 31.9. The smallest absolute Gasteiger partial charge is 0.374 e. The minimum Gasteiger partial charge on any atom is -0.374 e. The van der Waals surface area contributed by atoms with E-state index < -0.39 is 17.6 Å². The summed E-state index contributed by atoms with van der Waals surface area (Å²) in [5.41, 5.74) is 9.22. The van der Waals surface area contributed by atoms with Crippen LogP contribution in [0.25, 0.3) is 27.9 Å². The lowest BCUT2D eigenvalue weighted by molar-refractivity contribution is -0.137. The molecule has 0 saturated carbocycles. The molecule has 0 radical (unpaired) electrons. The molecule has 2 aliphatic heterocycles. The second-order valence-corrected chi connectivity index (χ2v) is 15.1. The Kier molecular flexibility index (Phi) is 10.8. The maximum Gasteiger partial charge on any atom is 0.416 e. The average Bonchev–Trinajstić information content (AvgIpc) is 3.67. The van der Waals surface area contributed by atoms with E-state index in [1.165, 1.54) is 29.6 Å². The number of aromatic nitrogens is 3. The van der Waals surface area contributed by atoms with Gasteiger partial charge in [-0.15, -0.1) is 0 Å². The van der Waals surface area contributed by atoms with Crippen LogP contribution in [0.5, 0.6) is 0 Å². The second-order valence-electron chi connectivity index (χ2n) is 15.1. The van der Waals surface area contributed by atoms with Gasteiger partial charge in [-0.2, -0.15) is 18.3 Å². The molecule has 3 amide bonds. The van der Waals surface area contributed by atoms with Crippen LogP contribution in [0.2, 0.25) is 0 Å². The summed E-state index contributed by atoms with van der Waals surface area (Å²) in [7, 11) is 0. The topological polar surface area (TPSA) is 121 Å². The summed E-state index contributed by atoms with van der Waals surface area (Å²) in [6.45, 7) is 5.06. The highest BCUT2D eigenvalue weighted by atomic mass is 19.4. The first-order chi connectivity index (χ1) is 28.0. The van der Waals surface area contributed by atoms with Crippen LogP contribution >= 0.6 is 0 Å². The van der Waals surface area contributed by atoms with Gasteiger partial charge in [-0.1, -0.05) is 48.5 Å². The Labute approximate surface area is 333 Å². The average molecular weight is 786 g/mol. The van der Waals surface area contributed by atoms with Gasteiger partial charge in [0.25, 0.3) is 5.91 Å². The number of benzene rings is 4. The van der Waals surface area contributed by atoms with Gasteiger partial charge in [-0.05, 0) is 122 Å². The molecule has 0 unspecified atom stereocenters. The first-order valence-electron chi connectivity index (χ1n) is 19.4. The van der Waals surface area contributed by atoms with Crippen LogP contribution in [0.4, 0.5) is 18.9 Å². The molecule has 2 fully saturated rings. The van der Waals surface area contributed by atoms with Crippen LogP contribution < -0.4 is 16.0 Å². The van der Waals surface area contributed by atoms with Crippen LogP contribution in [0.15, 0.2) is 110 Å². The van der Waals surface area contributed by atoms with E-state index in [0.29, 0.717) is 18.8 Å². The van der Waals surface area contributed by atoms with E-state index in [1.807, 2.05) is 48.0 Å². The van der Waals surface area contributed by atoms with Crippen molar-refractivity contribution in [3.8, 4) is 22.4 Å². The number of nitrogens with one attached hydrogen (secondary N) is 3. The number of imide groups is 1. The molecule has 4 heterocycles. The molecule has 13 heteroatoms. The quantitative estimate of drug-likeness (QED) is 0.121. The van der Waals surface area contributed by atoms with Crippen LogP contribution in [-0.4, -0.2) is 56.4 Å². The zero-order valence-corrected chi connectivity index (χ0v) is 31.9. The number of amides is 3. The SMILES string of the molecule is Cc1cc(-c2ncnn3cc(-c4ccc(CN5CCC(c6ccc(N[C@H]7CCC(=O)NC7=O)cc6)CC5)cc4)cc23)ccc1CNC(=O)c1ccc(C(F)(F)F)cc1. The van der Waals surface area contributed by atoms with Crippen molar-refractivity contribution in [2.24, 2.45) is 0 Å². The summed E-state index contributed by atoms with van der Waals surface area (Å²) in [5.74, 6) is -0.451. The fourth-order valence-corrected chi connectivity index (χ4v) is 7.81. The highest BCUT2D eigenvalue weighted by Gasteiger charge is 2.30. The molecule has 2 aromatic heterocycles. The van der Waals surface area contributed by atoms with E-state index in [9.17, 15) is 27.6 Å². The van der Waals surface area contributed by atoms with E-state index in [0.717, 1.165) is 89.3 Å². The van der Waals surface area contributed by atoms with Crippen LogP contribution in [0.1, 0.15) is 69.8 Å². The molecule has 296 valence electrons. The first-order valence-corrected chi connectivity index (χ1v) is 19.4. The van der Waals surface area contributed by atoms with Gasteiger partial charge in [0, 0.05) is 48.1 Å². The Morgan fingerprint density at radius 3 is 2.28 bits per heavy atom. The number of fused-ring (bicyclic) bond motifs is 1. The number of rotatable bonds is 10. The predicted octanol–water partition coefficient (Wildman–Crippen LogP) is 7.92. The van der Waals surface area contributed by atoms with Gasteiger partial charge in [-0.25, -0.2) is 9.50 Å². The van der Waals surface area contributed by atoms with Crippen molar-refractivity contribution in [2.75, 3.05) is 18.4 Å². The fourth-order valence-electron chi connectivity index (χ4n) is 7.81. The Morgan fingerprint density at radius 1 is 0.862 bits per heavy atom. The Bertz CT molecular complexity index is 2460. The van der Waals surface area contributed by atoms with Crippen LogP contribution in [-0.2, 0) is 28.9 Å². The highest BCUT2D eigenvalue weighted by molar-refractivity contribution is 6.01. The monoisotopic (exact) mass is 785 g/mol. The van der Waals surface area contributed by atoms with Gasteiger partial charge in [-0.3, -0.25) is 24.6 Å². The molecule has 10 nitrogen and oxygen atoms in total. The number of nitrogens with zero attached hydrogens (tertiary/aromatic N) is 4. The molecule has 2 aliphatic rings. The summed E-state index contributed by atoms with van der Waals surface area (Å²) < 4.78 is 40.6. The molecule has 1 atom stereocenters. The third-order valence-corrected chi connectivity index (χ3v) is 11.2. The van der Waals surface area contributed by atoms with Crippen LogP contribution in [0, 0.1) is 6.92 Å². The van der Waals surface area contributed by atoms with E-state index in [2.05, 4.69) is 73.4 Å². The number of halogens is 3. The van der Waals surface area contributed by atoms with Crippen LogP contribution in [0.3, 0.4) is 0 Å². The van der Waals surface area contributed by atoms with Gasteiger partial charge >= 0.3 is 6.18 Å². The highest BCUT2D eigenvalue weighted by Crippen LogP contribution is 2.32. The van der Waals surface area contributed by atoms with Gasteiger partial charge in [0.15, 0.2) is 0 Å². The first kappa shape index (κ1) is 38.5. The van der Waals surface area contributed by atoms with Gasteiger partial charge < -0.3 is 10.6 Å². The number of aryl methyl sites for hydroxylation is 1. The number of anilines is 1. The number of carbonyl (C=O) groups is 3. The van der Waals surface area contributed by atoms with Crippen molar-refractivity contribution in [3.05, 3.63) is 143 Å². The lowest BCUT2D eigenvalue weighted by Gasteiger charge is -2.32. The van der Waals surface area contributed by atoms with E-state index >= 15 is 0 Å². The molecule has 3 N–H and O–H groups in total. The normalized spacial score (nSPS) is 16.7. The predicted molar refractivity (Wildman–Crippen MR) is 215 cm³/mol.